The minimum Gasteiger partial charge on any atom is -0.326 e. The molecule has 17 heavy (non-hydrogen) atoms. The van der Waals surface area contributed by atoms with Crippen LogP contribution in [0.2, 0.25) is 0 Å². The van der Waals surface area contributed by atoms with Gasteiger partial charge in [-0.3, -0.25) is 4.79 Å². The second kappa shape index (κ2) is 4.47. The first-order valence-electron chi connectivity index (χ1n) is 6.17. The Morgan fingerprint density at radius 3 is 2.88 bits per heavy atom. The third kappa shape index (κ3) is 2.06. The zero-order chi connectivity index (χ0) is 11.7. The lowest BCUT2D eigenvalue weighted by atomic mass is 9.99. The molecule has 0 saturated carbocycles. The van der Waals surface area contributed by atoms with Gasteiger partial charge in [-0.1, -0.05) is 18.2 Å². The summed E-state index contributed by atoms with van der Waals surface area (Å²) in [4.78, 5) is 12.2. The van der Waals surface area contributed by atoms with Gasteiger partial charge in [0.15, 0.2) is 0 Å². The van der Waals surface area contributed by atoms with Crippen LogP contribution in [0.25, 0.3) is 0 Å². The van der Waals surface area contributed by atoms with Crippen molar-refractivity contribution in [3.05, 3.63) is 30.3 Å². The lowest BCUT2D eigenvalue weighted by Gasteiger charge is -2.17. The van der Waals surface area contributed by atoms with Crippen molar-refractivity contribution in [2.24, 2.45) is 5.92 Å². The van der Waals surface area contributed by atoms with Gasteiger partial charge in [-0.05, 0) is 25.1 Å². The second-order valence-electron chi connectivity index (χ2n) is 4.75. The van der Waals surface area contributed by atoms with Crippen LogP contribution in [0.15, 0.2) is 30.3 Å². The number of carbonyl (C=O) groups excluding carboxylic acids is 1. The molecule has 2 aliphatic heterocycles. The third-order valence-corrected chi connectivity index (χ3v) is 3.68. The molecular formula is C13H17N3O. The predicted octanol–water partition coefficient (Wildman–Crippen LogP) is 0.575. The number of benzene rings is 1. The lowest BCUT2D eigenvalue weighted by molar-refractivity contribution is -0.119. The van der Waals surface area contributed by atoms with Crippen molar-refractivity contribution in [3.8, 4) is 0 Å². The van der Waals surface area contributed by atoms with E-state index in [0.717, 1.165) is 25.2 Å². The summed E-state index contributed by atoms with van der Waals surface area (Å²) in [7, 11) is 0. The molecule has 2 aliphatic rings. The van der Waals surface area contributed by atoms with E-state index in [4.69, 9.17) is 0 Å². The molecule has 4 heteroatoms. The molecule has 3 atom stereocenters. The monoisotopic (exact) mass is 231 g/mol. The molecule has 2 fully saturated rings. The molecule has 90 valence electrons. The molecular weight excluding hydrogens is 214 g/mol. The topological polar surface area (TPSA) is 53.2 Å². The first-order chi connectivity index (χ1) is 8.34. The van der Waals surface area contributed by atoms with Crippen molar-refractivity contribution in [3.63, 3.8) is 0 Å². The zero-order valence-electron chi connectivity index (χ0n) is 9.65. The minimum absolute atomic E-state index is 0.0442. The highest BCUT2D eigenvalue weighted by atomic mass is 16.2. The van der Waals surface area contributed by atoms with Gasteiger partial charge in [-0.25, -0.2) is 0 Å². The number of fused-ring (bicyclic) bond motifs is 1. The minimum atomic E-state index is 0.0442. The summed E-state index contributed by atoms with van der Waals surface area (Å²) in [6.45, 7) is 1.79. The number of rotatable bonds is 2. The molecule has 3 unspecified atom stereocenters. The van der Waals surface area contributed by atoms with Crippen LogP contribution in [0.4, 0.5) is 5.69 Å². The summed E-state index contributed by atoms with van der Waals surface area (Å²) in [6.07, 6.45) is 1.12. The summed E-state index contributed by atoms with van der Waals surface area (Å²) in [5.41, 5.74) is 0.874. The number of anilines is 1. The Kier molecular flexibility index (Phi) is 2.82. The summed E-state index contributed by atoms with van der Waals surface area (Å²) in [5.74, 6) is 0.160. The van der Waals surface area contributed by atoms with Gasteiger partial charge in [0, 0.05) is 24.3 Å². The van der Waals surface area contributed by atoms with Crippen LogP contribution in [0.5, 0.6) is 0 Å². The molecule has 3 rings (SSSR count). The zero-order valence-corrected chi connectivity index (χ0v) is 9.65. The molecule has 2 heterocycles. The Hall–Kier alpha value is -1.39. The maximum atomic E-state index is 12.2. The Morgan fingerprint density at radius 2 is 2.06 bits per heavy atom. The first kappa shape index (κ1) is 10.7. The van der Waals surface area contributed by atoms with Gasteiger partial charge in [0.25, 0.3) is 0 Å². The molecule has 0 bridgehead atoms. The average molecular weight is 231 g/mol. The SMILES string of the molecule is O=C(Nc1ccccc1)C1CNC2CCNC21. The van der Waals surface area contributed by atoms with Crippen LogP contribution in [0.1, 0.15) is 6.42 Å². The standard InChI is InChI=1S/C13H17N3O/c17-13(16-9-4-2-1-3-5-9)10-8-15-11-6-7-14-12(10)11/h1-5,10-12,14-15H,6-8H2,(H,16,17). The van der Waals surface area contributed by atoms with Gasteiger partial charge < -0.3 is 16.0 Å². The Morgan fingerprint density at radius 1 is 1.24 bits per heavy atom. The molecule has 0 aliphatic carbocycles. The maximum absolute atomic E-state index is 12.2. The number of hydrogen-bond donors (Lipinski definition) is 3. The van der Waals surface area contributed by atoms with Gasteiger partial charge in [0.2, 0.25) is 5.91 Å². The molecule has 1 aromatic carbocycles. The average Bonchev–Trinajstić information content (AvgIpc) is 2.91. The van der Waals surface area contributed by atoms with Gasteiger partial charge in [0.05, 0.1) is 5.92 Å². The number of para-hydroxylation sites is 1. The Bertz CT molecular complexity index is 406. The van der Waals surface area contributed by atoms with Crippen LogP contribution in [0, 0.1) is 5.92 Å². The number of carbonyl (C=O) groups is 1. The highest BCUT2D eigenvalue weighted by Gasteiger charge is 2.42. The van der Waals surface area contributed by atoms with E-state index >= 15 is 0 Å². The van der Waals surface area contributed by atoms with E-state index in [0.29, 0.717) is 12.1 Å². The summed E-state index contributed by atoms with van der Waals surface area (Å²) < 4.78 is 0. The van der Waals surface area contributed by atoms with Crippen molar-refractivity contribution in [1.82, 2.24) is 10.6 Å². The van der Waals surface area contributed by atoms with E-state index in [1.165, 1.54) is 0 Å². The van der Waals surface area contributed by atoms with E-state index in [1.807, 2.05) is 30.3 Å². The Balaban J connectivity index is 1.67. The first-order valence-corrected chi connectivity index (χ1v) is 6.17. The smallest absolute Gasteiger partial charge is 0.230 e. The largest absolute Gasteiger partial charge is 0.326 e. The van der Waals surface area contributed by atoms with Gasteiger partial charge in [0.1, 0.15) is 0 Å². The van der Waals surface area contributed by atoms with Gasteiger partial charge >= 0.3 is 0 Å². The Labute approximate surface area is 101 Å². The van der Waals surface area contributed by atoms with E-state index in [9.17, 15) is 4.79 Å². The second-order valence-corrected chi connectivity index (χ2v) is 4.75. The molecule has 0 radical (unpaired) electrons. The molecule has 4 nitrogen and oxygen atoms in total. The van der Waals surface area contributed by atoms with E-state index in [1.54, 1.807) is 0 Å². The van der Waals surface area contributed by atoms with Crippen molar-refractivity contribution < 1.29 is 4.79 Å². The number of nitrogens with one attached hydrogen (secondary N) is 3. The van der Waals surface area contributed by atoms with E-state index in [-0.39, 0.29) is 11.8 Å². The summed E-state index contributed by atoms with van der Waals surface area (Å²) >= 11 is 0. The van der Waals surface area contributed by atoms with Crippen LogP contribution < -0.4 is 16.0 Å². The van der Waals surface area contributed by atoms with Crippen molar-refractivity contribution in [1.29, 1.82) is 0 Å². The normalized spacial score (nSPS) is 31.2. The molecule has 2 saturated heterocycles. The highest BCUT2D eigenvalue weighted by Crippen LogP contribution is 2.23. The summed E-state index contributed by atoms with van der Waals surface area (Å²) in [5, 5.41) is 9.80. The van der Waals surface area contributed by atoms with Gasteiger partial charge in [-0.2, -0.15) is 0 Å². The molecule has 0 aromatic heterocycles. The molecule has 1 aromatic rings. The number of hydrogen-bond acceptors (Lipinski definition) is 3. The fourth-order valence-corrected chi connectivity index (χ4v) is 2.80. The third-order valence-electron chi connectivity index (χ3n) is 3.68. The van der Waals surface area contributed by atoms with Crippen molar-refractivity contribution >= 4 is 11.6 Å². The fraction of sp³-hybridized carbons (Fsp3) is 0.462. The van der Waals surface area contributed by atoms with Crippen LogP contribution in [-0.4, -0.2) is 31.1 Å². The van der Waals surface area contributed by atoms with Crippen LogP contribution in [-0.2, 0) is 4.79 Å². The molecule has 1 amide bonds. The predicted molar refractivity (Wildman–Crippen MR) is 66.8 cm³/mol. The summed E-state index contributed by atoms with van der Waals surface area (Å²) in [6, 6.07) is 10.4. The lowest BCUT2D eigenvalue weighted by Crippen LogP contribution is -2.39. The molecule has 3 N–H and O–H groups in total. The fourth-order valence-electron chi connectivity index (χ4n) is 2.80. The van der Waals surface area contributed by atoms with Gasteiger partial charge in [-0.15, -0.1) is 0 Å². The van der Waals surface area contributed by atoms with Crippen LogP contribution in [0.3, 0.4) is 0 Å². The van der Waals surface area contributed by atoms with Crippen molar-refractivity contribution in [2.45, 2.75) is 18.5 Å². The molecule has 0 spiro atoms. The highest BCUT2D eigenvalue weighted by molar-refractivity contribution is 5.93. The van der Waals surface area contributed by atoms with Crippen LogP contribution >= 0.6 is 0 Å². The maximum Gasteiger partial charge on any atom is 0.230 e. The van der Waals surface area contributed by atoms with Crippen molar-refractivity contribution in [2.75, 3.05) is 18.4 Å². The quantitative estimate of drug-likeness (QED) is 0.697. The van der Waals surface area contributed by atoms with E-state index in [2.05, 4.69) is 16.0 Å². The number of amides is 1. The van der Waals surface area contributed by atoms with E-state index < -0.39 is 0 Å².